The van der Waals surface area contributed by atoms with Crippen LogP contribution < -0.4 is 10.1 Å². The number of aryl methyl sites for hydroxylation is 1. The SMILES string of the molecule is Cc1c(C(=O)NCC2CCC2)ccc2nn(CC3CCN(C(=O)c4ccc(Oc5ccc(C(C)(F)F)cc5)cc4)CC3)cc12. The molecule has 2 heterocycles. The van der Waals surface area contributed by atoms with Gasteiger partial charge in [-0.2, -0.15) is 5.10 Å². The van der Waals surface area contributed by atoms with Crippen LogP contribution in [0.4, 0.5) is 8.78 Å². The van der Waals surface area contributed by atoms with Gasteiger partial charge in [-0.25, -0.2) is 8.78 Å². The van der Waals surface area contributed by atoms with Crippen LogP contribution in [-0.2, 0) is 12.5 Å². The monoisotopic (exact) mass is 600 g/mol. The molecule has 0 unspecified atom stereocenters. The summed E-state index contributed by atoms with van der Waals surface area (Å²) in [7, 11) is 0. The number of piperidine rings is 1. The number of nitrogens with zero attached hydrogens (tertiary/aromatic N) is 3. The van der Waals surface area contributed by atoms with Crippen LogP contribution >= 0.6 is 0 Å². The Morgan fingerprint density at radius 1 is 0.932 bits per heavy atom. The van der Waals surface area contributed by atoms with Crippen LogP contribution in [0, 0.1) is 18.8 Å². The number of hydrogen-bond donors (Lipinski definition) is 1. The Morgan fingerprint density at radius 2 is 1.59 bits per heavy atom. The summed E-state index contributed by atoms with van der Waals surface area (Å²) in [5.74, 6) is -0.947. The van der Waals surface area contributed by atoms with Crippen molar-refractivity contribution in [3.8, 4) is 11.5 Å². The number of carbonyl (C=O) groups excluding carboxylic acids is 2. The highest BCUT2D eigenvalue weighted by molar-refractivity contribution is 6.00. The average molecular weight is 601 g/mol. The molecule has 0 atom stereocenters. The Hall–Kier alpha value is -4.27. The Balaban J connectivity index is 1.01. The summed E-state index contributed by atoms with van der Waals surface area (Å²) in [4.78, 5) is 27.9. The predicted molar refractivity (Wildman–Crippen MR) is 165 cm³/mol. The third-order valence-electron chi connectivity index (χ3n) is 9.07. The van der Waals surface area contributed by atoms with E-state index in [1.165, 1.54) is 43.5 Å². The van der Waals surface area contributed by atoms with Crippen LogP contribution in [0.5, 0.6) is 11.5 Å². The largest absolute Gasteiger partial charge is 0.457 e. The smallest absolute Gasteiger partial charge is 0.270 e. The first-order valence-electron chi connectivity index (χ1n) is 15.4. The Labute approximate surface area is 256 Å². The topological polar surface area (TPSA) is 76.5 Å². The third-order valence-corrected chi connectivity index (χ3v) is 9.07. The van der Waals surface area contributed by atoms with E-state index in [2.05, 4.69) is 5.32 Å². The van der Waals surface area contributed by atoms with Gasteiger partial charge >= 0.3 is 0 Å². The summed E-state index contributed by atoms with van der Waals surface area (Å²) in [6, 6.07) is 16.4. The number of ether oxygens (including phenoxy) is 1. The van der Waals surface area contributed by atoms with E-state index in [9.17, 15) is 18.4 Å². The van der Waals surface area contributed by atoms with Crippen molar-refractivity contribution in [2.24, 2.45) is 11.8 Å². The molecule has 1 aliphatic heterocycles. The zero-order valence-corrected chi connectivity index (χ0v) is 25.2. The molecule has 7 nitrogen and oxygen atoms in total. The molecule has 3 aromatic carbocycles. The second-order valence-electron chi connectivity index (χ2n) is 12.3. The van der Waals surface area contributed by atoms with Gasteiger partial charge < -0.3 is 15.0 Å². The number of alkyl halides is 2. The number of amides is 2. The molecule has 1 N–H and O–H groups in total. The summed E-state index contributed by atoms with van der Waals surface area (Å²) in [5, 5.41) is 8.88. The maximum absolute atomic E-state index is 13.4. The number of carbonyl (C=O) groups is 2. The molecule has 0 bridgehead atoms. The lowest BCUT2D eigenvalue weighted by molar-refractivity contribution is 0.0174. The van der Waals surface area contributed by atoms with Crippen molar-refractivity contribution >= 4 is 22.7 Å². The molecule has 1 saturated heterocycles. The van der Waals surface area contributed by atoms with Crippen molar-refractivity contribution in [2.45, 2.75) is 58.4 Å². The minimum Gasteiger partial charge on any atom is -0.457 e. The van der Waals surface area contributed by atoms with Crippen LogP contribution in [0.1, 0.15) is 70.9 Å². The van der Waals surface area contributed by atoms with E-state index in [1.807, 2.05) is 34.8 Å². The van der Waals surface area contributed by atoms with Gasteiger partial charge in [0.25, 0.3) is 17.7 Å². The fourth-order valence-corrected chi connectivity index (χ4v) is 6.03. The van der Waals surface area contributed by atoms with Crippen molar-refractivity contribution in [3.63, 3.8) is 0 Å². The number of halogens is 2. The van der Waals surface area contributed by atoms with E-state index in [-0.39, 0.29) is 17.4 Å². The van der Waals surface area contributed by atoms with Gasteiger partial charge in [0.05, 0.1) is 5.52 Å². The molecule has 1 saturated carbocycles. The minimum absolute atomic E-state index is 0.0142. The quantitative estimate of drug-likeness (QED) is 0.218. The van der Waals surface area contributed by atoms with Crippen molar-refractivity contribution in [1.82, 2.24) is 20.0 Å². The van der Waals surface area contributed by atoms with E-state index >= 15 is 0 Å². The first-order valence-corrected chi connectivity index (χ1v) is 15.4. The molecule has 6 rings (SSSR count). The molecule has 2 amide bonds. The first-order chi connectivity index (χ1) is 21.1. The molecular formula is C35H38F2N4O3. The van der Waals surface area contributed by atoms with Crippen LogP contribution in [0.2, 0.25) is 0 Å². The summed E-state index contributed by atoms with van der Waals surface area (Å²) in [6.45, 7) is 5.70. The molecule has 2 fully saturated rings. The van der Waals surface area contributed by atoms with Gasteiger partial charge in [0.15, 0.2) is 0 Å². The molecule has 0 spiro atoms. The third kappa shape index (κ3) is 6.61. The minimum atomic E-state index is -2.90. The number of fused-ring (bicyclic) bond motifs is 1. The zero-order chi connectivity index (χ0) is 30.8. The zero-order valence-electron chi connectivity index (χ0n) is 25.2. The number of likely N-dealkylation sites (tertiary alicyclic amines) is 1. The highest BCUT2D eigenvalue weighted by atomic mass is 19.3. The van der Waals surface area contributed by atoms with E-state index in [1.54, 1.807) is 24.3 Å². The summed E-state index contributed by atoms with van der Waals surface area (Å²) in [5.41, 5.74) is 3.06. The molecule has 4 aromatic rings. The summed E-state index contributed by atoms with van der Waals surface area (Å²) in [6.07, 6.45) is 7.46. The molecule has 2 aliphatic rings. The standard InChI is InChI=1S/C35H38F2N4O3/c1-23-30(33(42)38-20-24-4-3-5-24)14-15-32-31(23)22-41(39-32)21-25-16-18-40(19-17-25)34(43)26-6-10-28(11-7-26)44-29-12-8-27(9-13-29)35(2,36)37/h6-15,22,24-25H,3-5,16-21H2,1-2H3,(H,38,42). The van der Waals surface area contributed by atoms with E-state index in [0.717, 1.165) is 49.3 Å². The van der Waals surface area contributed by atoms with Crippen molar-refractivity contribution in [1.29, 1.82) is 0 Å². The lowest BCUT2D eigenvalue weighted by Gasteiger charge is -2.32. The Bertz CT molecular complexity index is 1630. The van der Waals surface area contributed by atoms with Crippen LogP contribution in [0.25, 0.3) is 10.9 Å². The van der Waals surface area contributed by atoms with E-state index < -0.39 is 5.92 Å². The van der Waals surface area contributed by atoms with E-state index in [0.29, 0.717) is 47.6 Å². The maximum atomic E-state index is 13.4. The summed E-state index contributed by atoms with van der Waals surface area (Å²) >= 11 is 0. The second-order valence-corrected chi connectivity index (χ2v) is 12.3. The molecule has 0 radical (unpaired) electrons. The number of hydrogen-bond acceptors (Lipinski definition) is 4. The fourth-order valence-electron chi connectivity index (χ4n) is 6.03. The van der Waals surface area contributed by atoms with Gasteiger partial charge in [-0.15, -0.1) is 0 Å². The number of rotatable bonds is 9. The first kappa shape index (κ1) is 29.8. The van der Waals surface area contributed by atoms with Gasteiger partial charge in [-0.3, -0.25) is 14.3 Å². The molecule has 1 aromatic heterocycles. The molecule has 44 heavy (non-hydrogen) atoms. The number of nitrogens with one attached hydrogen (secondary N) is 1. The fraction of sp³-hybridized carbons (Fsp3) is 0.400. The van der Waals surface area contributed by atoms with Crippen LogP contribution in [0.3, 0.4) is 0 Å². The van der Waals surface area contributed by atoms with E-state index in [4.69, 9.17) is 9.84 Å². The van der Waals surface area contributed by atoms with Crippen molar-refractivity contribution in [3.05, 3.63) is 89.1 Å². The highest BCUT2D eigenvalue weighted by Crippen LogP contribution is 2.30. The van der Waals surface area contributed by atoms with Gasteiger partial charge in [0.2, 0.25) is 0 Å². The van der Waals surface area contributed by atoms with Crippen LogP contribution in [0.15, 0.2) is 66.9 Å². The second kappa shape index (κ2) is 12.4. The molecule has 230 valence electrons. The normalized spacial score (nSPS) is 16.1. The lowest BCUT2D eigenvalue weighted by atomic mass is 9.85. The number of benzene rings is 3. The van der Waals surface area contributed by atoms with Crippen molar-refractivity contribution < 1.29 is 23.1 Å². The van der Waals surface area contributed by atoms with Crippen LogP contribution in [-0.4, -0.2) is 46.1 Å². The van der Waals surface area contributed by atoms with Gasteiger partial charge in [0.1, 0.15) is 11.5 Å². The lowest BCUT2D eigenvalue weighted by Crippen LogP contribution is -2.39. The Morgan fingerprint density at radius 3 is 2.20 bits per heavy atom. The summed E-state index contributed by atoms with van der Waals surface area (Å²) < 4.78 is 34.7. The average Bonchev–Trinajstić information content (AvgIpc) is 3.40. The van der Waals surface area contributed by atoms with Crippen molar-refractivity contribution in [2.75, 3.05) is 19.6 Å². The van der Waals surface area contributed by atoms with Gasteiger partial charge in [0, 0.05) is 61.4 Å². The molecular weight excluding hydrogens is 562 g/mol. The molecule has 1 aliphatic carbocycles. The Kier molecular flexibility index (Phi) is 8.38. The predicted octanol–water partition coefficient (Wildman–Crippen LogP) is 7.33. The molecule has 9 heteroatoms. The highest BCUT2D eigenvalue weighted by Gasteiger charge is 2.26. The van der Waals surface area contributed by atoms with Gasteiger partial charge in [-0.1, -0.05) is 6.42 Å². The maximum Gasteiger partial charge on any atom is 0.270 e. The van der Waals surface area contributed by atoms with Gasteiger partial charge in [-0.05, 0) is 111 Å². The number of aromatic nitrogens is 2.